The van der Waals surface area contributed by atoms with Crippen LogP contribution in [-0.2, 0) is 25.0 Å². The molecule has 2 aliphatic rings. The first-order valence-corrected chi connectivity index (χ1v) is 13.0. The van der Waals surface area contributed by atoms with Gasteiger partial charge in [-0.1, -0.05) is 41.9 Å². The Kier molecular flexibility index (Phi) is 6.79. The molecule has 0 radical (unpaired) electrons. The van der Waals surface area contributed by atoms with E-state index in [-0.39, 0.29) is 21.7 Å². The van der Waals surface area contributed by atoms with Crippen LogP contribution in [0.25, 0.3) is 0 Å². The Morgan fingerprint density at radius 3 is 2.21 bits per heavy atom. The number of sulfonamides is 1. The molecule has 2 aliphatic heterocycles. The molecular formula is C24H28ClN3O4S. The number of anilines is 1. The summed E-state index contributed by atoms with van der Waals surface area (Å²) in [7, 11) is -3.73. The Morgan fingerprint density at radius 1 is 0.970 bits per heavy atom. The average molecular weight is 490 g/mol. The lowest BCUT2D eigenvalue weighted by atomic mass is 9.72. The predicted molar refractivity (Wildman–Crippen MR) is 128 cm³/mol. The highest BCUT2D eigenvalue weighted by Gasteiger charge is 2.43. The summed E-state index contributed by atoms with van der Waals surface area (Å²) in [5.74, 6) is -0.227. The average Bonchev–Trinajstić information content (AvgIpc) is 3.37. The van der Waals surface area contributed by atoms with E-state index in [1.54, 1.807) is 11.0 Å². The van der Waals surface area contributed by atoms with Crippen LogP contribution in [0.2, 0.25) is 5.02 Å². The van der Waals surface area contributed by atoms with Crippen LogP contribution in [0.15, 0.2) is 53.4 Å². The highest BCUT2D eigenvalue weighted by atomic mass is 35.5. The smallest absolute Gasteiger partial charge is 0.244 e. The molecule has 0 spiro atoms. The van der Waals surface area contributed by atoms with Crippen molar-refractivity contribution < 1.29 is 18.0 Å². The second kappa shape index (κ2) is 9.44. The summed E-state index contributed by atoms with van der Waals surface area (Å²) in [5.41, 5.74) is 0.442. The van der Waals surface area contributed by atoms with Gasteiger partial charge in [-0.05, 0) is 49.4 Å². The molecule has 0 atom stereocenters. The van der Waals surface area contributed by atoms with Crippen LogP contribution in [0, 0.1) is 0 Å². The minimum absolute atomic E-state index is 0.00373. The maximum absolute atomic E-state index is 13.7. The van der Waals surface area contributed by atoms with E-state index in [9.17, 15) is 18.0 Å². The van der Waals surface area contributed by atoms with Crippen molar-refractivity contribution in [1.29, 1.82) is 0 Å². The summed E-state index contributed by atoms with van der Waals surface area (Å²) in [6.45, 7) is 3.43. The number of hydrogen-bond acceptors (Lipinski definition) is 4. The molecule has 2 aromatic carbocycles. The maximum Gasteiger partial charge on any atom is 0.244 e. The van der Waals surface area contributed by atoms with Gasteiger partial charge < -0.3 is 10.2 Å². The van der Waals surface area contributed by atoms with Gasteiger partial charge in [-0.25, -0.2) is 8.42 Å². The summed E-state index contributed by atoms with van der Waals surface area (Å²) >= 11 is 6.26. The molecule has 2 fully saturated rings. The minimum Gasteiger partial charge on any atom is -0.343 e. The number of carbonyl (C=O) groups is 2. The molecule has 2 aromatic rings. The van der Waals surface area contributed by atoms with Gasteiger partial charge in [-0.3, -0.25) is 9.59 Å². The molecule has 9 heteroatoms. The fourth-order valence-electron chi connectivity index (χ4n) is 4.70. The summed E-state index contributed by atoms with van der Waals surface area (Å²) in [6, 6.07) is 14.1. The quantitative estimate of drug-likeness (QED) is 0.694. The predicted octanol–water partition coefficient (Wildman–Crippen LogP) is 3.64. The van der Waals surface area contributed by atoms with E-state index in [1.807, 2.05) is 30.3 Å². The number of carbonyl (C=O) groups excluding carboxylic acids is 2. The topological polar surface area (TPSA) is 86.8 Å². The first kappa shape index (κ1) is 23.7. The van der Waals surface area contributed by atoms with Crippen LogP contribution < -0.4 is 5.32 Å². The number of nitrogens with zero attached hydrogens (tertiary/aromatic N) is 2. The van der Waals surface area contributed by atoms with Crippen molar-refractivity contribution in [3.8, 4) is 0 Å². The largest absolute Gasteiger partial charge is 0.343 e. The van der Waals surface area contributed by atoms with Crippen LogP contribution in [0.5, 0.6) is 0 Å². The first-order valence-electron chi connectivity index (χ1n) is 11.2. The zero-order valence-electron chi connectivity index (χ0n) is 18.6. The summed E-state index contributed by atoms with van der Waals surface area (Å²) < 4.78 is 27.6. The highest BCUT2D eigenvalue weighted by Crippen LogP contribution is 2.37. The van der Waals surface area contributed by atoms with E-state index in [0.717, 1.165) is 18.4 Å². The lowest BCUT2D eigenvalue weighted by Crippen LogP contribution is -2.50. The Bertz CT molecular complexity index is 1140. The van der Waals surface area contributed by atoms with Gasteiger partial charge in [-0.2, -0.15) is 4.31 Å². The highest BCUT2D eigenvalue weighted by molar-refractivity contribution is 7.89. The fourth-order valence-corrected chi connectivity index (χ4v) is 6.72. The number of hydrogen-bond donors (Lipinski definition) is 1. The molecule has 4 rings (SSSR count). The molecule has 0 aromatic heterocycles. The van der Waals surface area contributed by atoms with Crippen LogP contribution in [-0.4, -0.2) is 55.6 Å². The molecule has 0 unspecified atom stereocenters. The Hall–Kier alpha value is -2.42. The molecule has 7 nitrogen and oxygen atoms in total. The van der Waals surface area contributed by atoms with Gasteiger partial charge in [0.25, 0.3) is 0 Å². The number of likely N-dealkylation sites (tertiary alicyclic amines) is 1. The summed E-state index contributed by atoms with van der Waals surface area (Å²) in [4.78, 5) is 27.2. The second-order valence-corrected chi connectivity index (χ2v) is 11.0. The number of benzene rings is 2. The minimum atomic E-state index is -3.73. The lowest BCUT2D eigenvalue weighted by Gasteiger charge is -2.40. The Balaban J connectivity index is 1.63. The van der Waals surface area contributed by atoms with Crippen molar-refractivity contribution in [2.24, 2.45) is 0 Å². The van der Waals surface area contributed by atoms with Crippen LogP contribution in [0.1, 0.15) is 38.2 Å². The maximum atomic E-state index is 13.7. The van der Waals surface area contributed by atoms with E-state index in [4.69, 9.17) is 11.6 Å². The summed E-state index contributed by atoms with van der Waals surface area (Å²) in [5, 5.41) is 3.07. The molecule has 0 bridgehead atoms. The van der Waals surface area contributed by atoms with Crippen molar-refractivity contribution >= 4 is 39.1 Å². The number of piperidine rings is 1. The van der Waals surface area contributed by atoms with Gasteiger partial charge in [0, 0.05) is 38.8 Å². The molecule has 176 valence electrons. The van der Waals surface area contributed by atoms with Crippen molar-refractivity contribution in [3.05, 3.63) is 59.1 Å². The molecule has 0 saturated carbocycles. The monoisotopic (exact) mass is 489 g/mol. The van der Waals surface area contributed by atoms with E-state index >= 15 is 0 Å². The normalized spacial score (nSPS) is 18.8. The Labute approximate surface area is 199 Å². The van der Waals surface area contributed by atoms with Crippen molar-refractivity contribution in [3.63, 3.8) is 0 Å². The van der Waals surface area contributed by atoms with E-state index in [0.29, 0.717) is 44.7 Å². The molecule has 1 N–H and O–H groups in total. The van der Waals surface area contributed by atoms with Crippen LogP contribution in [0.4, 0.5) is 5.69 Å². The third-order valence-electron chi connectivity index (χ3n) is 6.70. The van der Waals surface area contributed by atoms with Crippen molar-refractivity contribution in [2.45, 2.75) is 42.9 Å². The van der Waals surface area contributed by atoms with E-state index < -0.39 is 15.4 Å². The van der Waals surface area contributed by atoms with Crippen molar-refractivity contribution in [1.82, 2.24) is 9.21 Å². The fraction of sp³-hybridized carbons (Fsp3) is 0.417. The SMILES string of the molecule is CC(=O)N1CCC(C(=O)Nc2ccc(Cl)c(S(=O)(=O)N3CCCC3)c2)(c2ccccc2)CC1. The molecule has 2 amide bonds. The third-order valence-corrected chi connectivity index (χ3v) is 9.08. The molecule has 2 saturated heterocycles. The zero-order valence-corrected chi connectivity index (χ0v) is 20.2. The molecule has 0 aliphatic carbocycles. The zero-order chi connectivity index (χ0) is 23.6. The third kappa shape index (κ3) is 4.65. The standard InChI is InChI=1S/C24H28ClN3O4S/c1-18(29)27-15-11-24(12-16-27,19-7-3-2-4-8-19)23(30)26-20-9-10-21(25)22(17-20)33(31,32)28-13-5-6-14-28/h2-4,7-10,17H,5-6,11-16H2,1H3,(H,26,30). The van der Waals surface area contributed by atoms with Gasteiger partial charge >= 0.3 is 0 Å². The van der Waals surface area contributed by atoms with E-state index in [2.05, 4.69) is 5.32 Å². The van der Waals surface area contributed by atoms with Gasteiger partial charge in [0.2, 0.25) is 21.8 Å². The summed E-state index contributed by atoms with van der Waals surface area (Å²) in [6.07, 6.45) is 2.61. The van der Waals surface area contributed by atoms with Gasteiger partial charge in [0.15, 0.2) is 0 Å². The molecular weight excluding hydrogens is 462 g/mol. The van der Waals surface area contributed by atoms with Crippen LogP contribution in [0.3, 0.4) is 0 Å². The van der Waals surface area contributed by atoms with Gasteiger partial charge in [-0.15, -0.1) is 0 Å². The molecule has 2 heterocycles. The van der Waals surface area contributed by atoms with Gasteiger partial charge in [0.1, 0.15) is 4.90 Å². The van der Waals surface area contributed by atoms with Crippen molar-refractivity contribution in [2.75, 3.05) is 31.5 Å². The molecule has 33 heavy (non-hydrogen) atoms. The number of halogens is 1. The number of rotatable bonds is 5. The number of amides is 2. The number of nitrogens with one attached hydrogen (secondary N) is 1. The lowest BCUT2D eigenvalue weighted by molar-refractivity contribution is -0.133. The first-order chi connectivity index (χ1) is 15.7. The second-order valence-electron chi connectivity index (χ2n) is 8.66. The van der Waals surface area contributed by atoms with Crippen LogP contribution >= 0.6 is 11.6 Å². The van der Waals surface area contributed by atoms with Gasteiger partial charge in [0.05, 0.1) is 10.4 Å². The van der Waals surface area contributed by atoms with E-state index in [1.165, 1.54) is 23.4 Å². The Morgan fingerprint density at radius 2 is 1.61 bits per heavy atom.